The third kappa shape index (κ3) is 1.48. The number of nitrogens with one attached hydrogen (secondary N) is 2. The molecule has 0 bridgehead atoms. The van der Waals surface area contributed by atoms with Crippen LogP contribution in [0.2, 0.25) is 0 Å². The second-order valence-corrected chi connectivity index (χ2v) is 3.16. The molecule has 1 rings (SSSR count). The first-order valence-electron chi connectivity index (χ1n) is 3.33. The lowest BCUT2D eigenvalue weighted by Crippen LogP contribution is -2.43. The van der Waals surface area contributed by atoms with Crippen LogP contribution in [0.4, 0.5) is 4.79 Å². The van der Waals surface area contributed by atoms with Crippen LogP contribution >= 0.6 is 12.6 Å². The molecule has 3 amide bonds. The Hall–Kier alpha value is -0.710. The van der Waals surface area contributed by atoms with Crippen LogP contribution in [-0.2, 0) is 4.79 Å². The zero-order valence-corrected chi connectivity index (χ0v) is 7.07. The van der Waals surface area contributed by atoms with E-state index < -0.39 is 11.6 Å². The van der Waals surface area contributed by atoms with E-state index in [0.717, 1.165) is 0 Å². The lowest BCUT2D eigenvalue weighted by Gasteiger charge is -2.18. The average Bonchev–Trinajstić information content (AvgIpc) is 2.08. The highest BCUT2D eigenvalue weighted by Crippen LogP contribution is 2.14. The van der Waals surface area contributed by atoms with Crippen LogP contribution < -0.4 is 10.6 Å². The molecule has 2 N–H and O–H groups in total. The van der Waals surface area contributed by atoms with Gasteiger partial charge in [-0.25, -0.2) is 4.79 Å². The molecule has 1 fully saturated rings. The smallest absolute Gasteiger partial charge is 0.322 e. The number of hydrogen-bond donors (Lipinski definition) is 3. The molecule has 1 saturated heterocycles. The number of carbonyl (C=O) groups is 2. The Kier molecular flexibility index (Phi) is 2.08. The Balaban J connectivity index is 2.70. The molecule has 11 heavy (non-hydrogen) atoms. The van der Waals surface area contributed by atoms with E-state index >= 15 is 0 Å². The van der Waals surface area contributed by atoms with Crippen LogP contribution in [0.3, 0.4) is 0 Å². The maximum absolute atomic E-state index is 11.1. The number of thiol groups is 1. The topological polar surface area (TPSA) is 58.2 Å². The van der Waals surface area contributed by atoms with Crippen LogP contribution in [0.5, 0.6) is 0 Å². The molecule has 0 saturated carbocycles. The van der Waals surface area contributed by atoms with E-state index in [1.807, 2.05) is 0 Å². The predicted octanol–water partition coefficient (Wildman–Crippen LogP) is -0.0956. The van der Waals surface area contributed by atoms with Gasteiger partial charge in [0.2, 0.25) is 0 Å². The monoisotopic (exact) mass is 174 g/mol. The van der Waals surface area contributed by atoms with Gasteiger partial charge in [0.1, 0.15) is 5.54 Å². The van der Waals surface area contributed by atoms with Crippen molar-refractivity contribution in [1.29, 1.82) is 0 Å². The van der Waals surface area contributed by atoms with Crippen LogP contribution in [0.1, 0.15) is 13.3 Å². The largest absolute Gasteiger partial charge is 0.324 e. The summed E-state index contributed by atoms with van der Waals surface area (Å²) >= 11 is 3.99. The molecule has 0 unspecified atom stereocenters. The summed E-state index contributed by atoms with van der Waals surface area (Å²) in [6.45, 7) is 1.68. The van der Waals surface area contributed by atoms with Crippen LogP contribution in [0, 0.1) is 0 Å². The van der Waals surface area contributed by atoms with Gasteiger partial charge < -0.3 is 5.32 Å². The van der Waals surface area contributed by atoms with E-state index in [9.17, 15) is 9.59 Å². The van der Waals surface area contributed by atoms with Gasteiger partial charge in [-0.05, 0) is 19.1 Å². The summed E-state index contributed by atoms with van der Waals surface area (Å²) in [5.74, 6) is 0.307. The highest BCUT2D eigenvalue weighted by Gasteiger charge is 2.40. The highest BCUT2D eigenvalue weighted by atomic mass is 32.1. The summed E-state index contributed by atoms with van der Waals surface area (Å²) in [5.41, 5.74) is -0.751. The van der Waals surface area contributed by atoms with E-state index in [-0.39, 0.29) is 5.91 Å². The van der Waals surface area contributed by atoms with Crippen molar-refractivity contribution in [3.8, 4) is 0 Å². The molecule has 1 heterocycles. The van der Waals surface area contributed by atoms with Gasteiger partial charge in [-0.15, -0.1) is 0 Å². The summed E-state index contributed by atoms with van der Waals surface area (Å²) in [7, 11) is 0. The van der Waals surface area contributed by atoms with Crippen molar-refractivity contribution in [2.75, 3.05) is 5.75 Å². The van der Waals surface area contributed by atoms with E-state index in [0.29, 0.717) is 12.2 Å². The molecular formula is C6H10N2O2S. The Labute approximate surface area is 70.1 Å². The number of urea groups is 1. The molecule has 0 aliphatic carbocycles. The van der Waals surface area contributed by atoms with Crippen molar-refractivity contribution in [3.05, 3.63) is 0 Å². The van der Waals surface area contributed by atoms with Gasteiger partial charge in [-0.1, -0.05) is 0 Å². The van der Waals surface area contributed by atoms with Crippen molar-refractivity contribution in [3.63, 3.8) is 0 Å². The van der Waals surface area contributed by atoms with Crippen molar-refractivity contribution < 1.29 is 9.59 Å². The van der Waals surface area contributed by atoms with Gasteiger partial charge in [0.25, 0.3) is 5.91 Å². The fourth-order valence-electron chi connectivity index (χ4n) is 0.979. The summed E-state index contributed by atoms with van der Waals surface area (Å²) in [5, 5.41) is 4.70. The molecule has 1 aliphatic heterocycles. The normalized spacial score (nSPS) is 30.0. The van der Waals surface area contributed by atoms with E-state index in [1.165, 1.54) is 0 Å². The second-order valence-electron chi connectivity index (χ2n) is 2.71. The number of carbonyl (C=O) groups excluding carboxylic acids is 2. The summed E-state index contributed by atoms with van der Waals surface area (Å²) < 4.78 is 0. The van der Waals surface area contributed by atoms with Gasteiger partial charge in [-0.3, -0.25) is 10.1 Å². The molecule has 62 valence electrons. The Morgan fingerprint density at radius 2 is 2.18 bits per heavy atom. The van der Waals surface area contributed by atoms with Crippen LogP contribution in [-0.4, -0.2) is 23.2 Å². The SMILES string of the molecule is C[C@@]1(CCS)NC(=O)NC1=O. The molecular weight excluding hydrogens is 164 g/mol. The van der Waals surface area contributed by atoms with Crippen molar-refractivity contribution in [1.82, 2.24) is 10.6 Å². The third-order valence-electron chi connectivity index (χ3n) is 1.73. The highest BCUT2D eigenvalue weighted by molar-refractivity contribution is 7.80. The predicted molar refractivity (Wildman–Crippen MR) is 43.5 cm³/mol. The van der Waals surface area contributed by atoms with Crippen molar-refractivity contribution in [2.24, 2.45) is 0 Å². The fraction of sp³-hybridized carbons (Fsp3) is 0.667. The average molecular weight is 174 g/mol. The molecule has 1 atom stereocenters. The lowest BCUT2D eigenvalue weighted by atomic mass is 10.00. The Morgan fingerprint density at radius 1 is 1.55 bits per heavy atom. The molecule has 5 heteroatoms. The van der Waals surface area contributed by atoms with Gasteiger partial charge >= 0.3 is 6.03 Å². The summed E-state index contributed by atoms with van der Waals surface area (Å²) in [4.78, 5) is 21.7. The lowest BCUT2D eigenvalue weighted by molar-refractivity contribution is -0.123. The molecule has 0 aromatic rings. The zero-order chi connectivity index (χ0) is 8.48. The number of hydrogen-bond acceptors (Lipinski definition) is 3. The minimum absolute atomic E-state index is 0.267. The van der Waals surface area contributed by atoms with Gasteiger partial charge in [0.05, 0.1) is 0 Å². The Morgan fingerprint density at radius 3 is 2.55 bits per heavy atom. The minimum atomic E-state index is -0.751. The number of amides is 3. The first-order valence-corrected chi connectivity index (χ1v) is 3.96. The third-order valence-corrected chi connectivity index (χ3v) is 1.95. The molecule has 0 aromatic carbocycles. The fourth-order valence-corrected chi connectivity index (χ4v) is 1.43. The zero-order valence-electron chi connectivity index (χ0n) is 6.18. The first-order chi connectivity index (χ1) is 5.08. The van der Waals surface area contributed by atoms with Crippen LogP contribution in [0.15, 0.2) is 0 Å². The standard InChI is InChI=1S/C6H10N2O2S/c1-6(2-3-11)4(9)7-5(10)8-6/h11H,2-3H2,1H3,(H2,7,8,9,10)/t6-/m0/s1. The minimum Gasteiger partial charge on any atom is -0.324 e. The second kappa shape index (κ2) is 2.73. The van der Waals surface area contributed by atoms with Crippen molar-refractivity contribution >= 4 is 24.6 Å². The summed E-state index contributed by atoms with van der Waals surface area (Å²) in [6.07, 6.45) is 0.549. The molecule has 0 spiro atoms. The first kappa shape index (κ1) is 8.39. The van der Waals surface area contributed by atoms with Crippen molar-refractivity contribution in [2.45, 2.75) is 18.9 Å². The van der Waals surface area contributed by atoms with Gasteiger partial charge in [-0.2, -0.15) is 12.6 Å². The molecule has 0 radical (unpaired) electrons. The maximum Gasteiger partial charge on any atom is 0.322 e. The number of rotatable bonds is 2. The van der Waals surface area contributed by atoms with Gasteiger partial charge in [0.15, 0.2) is 0 Å². The maximum atomic E-state index is 11.1. The molecule has 1 aliphatic rings. The van der Waals surface area contributed by atoms with E-state index in [2.05, 4.69) is 23.3 Å². The van der Waals surface area contributed by atoms with Crippen LogP contribution in [0.25, 0.3) is 0 Å². The Bertz CT molecular complexity index is 207. The summed E-state index contributed by atoms with van der Waals surface area (Å²) in [6, 6.07) is -0.417. The molecule has 0 aromatic heterocycles. The molecule has 4 nitrogen and oxygen atoms in total. The number of imide groups is 1. The van der Waals surface area contributed by atoms with Gasteiger partial charge in [0, 0.05) is 0 Å². The van der Waals surface area contributed by atoms with E-state index in [4.69, 9.17) is 0 Å². The van der Waals surface area contributed by atoms with E-state index in [1.54, 1.807) is 6.92 Å². The quantitative estimate of drug-likeness (QED) is 0.404.